The first kappa shape index (κ1) is 30.4. The highest BCUT2D eigenvalue weighted by molar-refractivity contribution is 7.90. The predicted octanol–water partition coefficient (Wildman–Crippen LogP) is 6.34. The van der Waals surface area contributed by atoms with Crippen LogP contribution in [0.5, 0.6) is 5.75 Å². The molecule has 0 aliphatic heterocycles. The van der Waals surface area contributed by atoms with E-state index in [0.717, 1.165) is 50.4 Å². The molecule has 6 rings (SSSR count). The molecule has 230 valence electrons. The summed E-state index contributed by atoms with van der Waals surface area (Å²) in [4.78, 5) is 11.1. The van der Waals surface area contributed by atoms with E-state index in [0.29, 0.717) is 48.0 Å². The molecule has 1 atom stereocenters. The number of hydrogen-bond donors (Lipinski definition) is 2. The summed E-state index contributed by atoms with van der Waals surface area (Å²) < 4.78 is 43.8. The van der Waals surface area contributed by atoms with Gasteiger partial charge in [0, 0.05) is 34.3 Å². The van der Waals surface area contributed by atoms with Gasteiger partial charge in [-0.3, -0.25) is 4.68 Å². The highest BCUT2D eigenvalue weighted by atomic mass is 35.5. The lowest BCUT2D eigenvalue weighted by Gasteiger charge is -2.13. The molecule has 13 heteroatoms. The number of unbranched alkanes of at least 4 members (excludes halogenated alkanes) is 1. The number of halogens is 2. The topological polar surface area (TPSA) is 119 Å². The zero-order valence-electron chi connectivity index (χ0n) is 24.0. The third kappa shape index (κ3) is 7.04. The van der Waals surface area contributed by atoms with Crippen LogP contribution in [0, 0.1) is 5.82 Å². The maximum atomic E-state index is 13.5. The van der Waals surface area contributed by atoms with E-state index < -0.39 is 15.9 Å². The second kappa shape index (κ2) is 12.8. The first-order chi connectivity index (χ1) is 21.1. The molecule has 5 aromatic rings. The molecule has 1 aliphatic carbocycles. The monoisotopic (exact) mass is 655 g/mol. The highest BCUT2D eigenvalue weighted by Gasteiger charge is 2.27. The number of nitrogens with zero attached hydrogens (tertiary/aromatic N) is 4. The molecule has 44 heavy (non-hydrogen) atoms. The van der Waals surface area contributed by atoms with Crippen molar-refractivity contribution in [1.82, 2.24) is 19.7 Å². The molecule has 0 radical (unpaired) electrons. The Labute approximate surface area is 263 Å². The number of hydrogen-bond acceptors (Lipinski definition) is 9. The van der Waals surface area contributed by atoms with Crippen LogP contribution in [-0.4, -0.2) is 51.4 Å². The molecule has 2 aromatic carbocycles. The van der Waals surface area contributed by atoms with Crippen molar-refractivity contribution in [2.24, 2.45) is 0 Å². The van der Waals surface area contributed by atoms with Gasteiger partial charge in [0.25, 0.3) is 0 Å². The average molecular weight is 656 g/mol. The number of anilines is 2. The van der Waals surface area contributed by atoms with Crippen LogP contribution < -0.4 is 10.1 Å². The number of aliphatic hydroxyl groups is 1. The molecule has 0 fully saturated rings. The predicted molar refractivity (Wildman–Crippen MR) is 171 cm³/mol. The fraction of sp³-hybridized carbons (Fsp3) is 0.323. The van der Waals surface area contributed by atoms with Crippen LogP contribution in [0.2, 0.25) is 5.02 Å². The molecule has 1 aliphatic rings. The number of nitrogens with one attached hydrogen (secondary N) is 1. The lowest BCUT2D eigenvalue weighted by molar-refractivity contribution is 0.137. The fourth-order valence-corrected chi connectivity index (χ4v) is 7.57. The van der Waals surface area contributed by atoms with E-state index in [9.17, 15) is 17.9 Å². The number of fused-ring (bicyclic) bond motifs is 5. The SMILES string of the molecule is CS(=O)(=O)CCCC[C@@H](O)Cn1cc2c(n1)CCc1c-2sc2ncnc(Nc3ccc(OCc4cccc(F)c4)c(Cl)c3)c12. The number of rotatable bonds is 12. The van der Waals surface area contributed by atoms with Crippen LogP contribution >= 0.6 is 22.9 Å². The average Bonchev–Trinajstić information content (AvgIpc) is 3.56. The van der Waals surface area contributed by atoms with Crippen molar-refractivity contribution in [2.45, 2.75) is 51.4 Å². The van der Waals surface area contributed by atoms with Gasteiger partial charge in [0.05, 0.1) is 28.8 Å². The number of benzene rings is 2. The van der Waals surface area contributed by atoms with Gasteiger partial charge in [0.1, 0.15) is 45.0 Å². The second-order valence-electron chi connectivity index (χ2n) is 11.0. The number of aliphatic hydroxyl groups excluding tert-OH is 1. The van der Waals surface area contributed by atoms with Gasteiger partial charge in [0.2, 0.25) is 0 Å². The minimum atomic E-state index is -2.99. The summed E-state index contributed by atoms with van der Waals surface area (Å²) in [6, 6.07) is 11.6. The van der Waals surface area contributed by atoms with Gasteiger partial charge < -0.3 is 15.2 Å². The Balaban J connectivity index is 1.16. The summed E-state index contributed by atoms with van der Waals surface area (Å²) in [6.07, 6.45) is 7.36. The standard InChI is InChI=1S/C31H31ClFN5O4S2/c1-44(40,41)12-3-2-7-22(39)15-38-16-24-26(37-38)10-9-23-28-30(34-18-35-31(28)43-29(23)24)36-21-8-11-27(25(32)14-21)42-17-19-5-4-6-20(33)13-19/h4-6,8,11,13-14,16,18,22,39H,2-3,7,9-10,12,15,17H2,1H3,(H,34,35,36)/t22-/m1/s1. The quantitative estimate of drug-likeness (QED) is 0.149. The molecule has 0 saturated heterocycles. The van der Waals surface area contributed by atoms with Crippen molar-refractivity contribution in [3.8, 4) is 16.2 Å². The minimum absolute atomic E-state index is 0.134. The highest BCUT2D eigenvalue weighted by Crippen LogP contribution is 2.45. The summed E-state index contributed by atoms with van der Waals surface area (Å²) in [7, 11) is -2.99. The lowest BCUT2D eigenvalue weighted by atomic mass is 9.95. The maximum Gasteiger partial charge on any atom is 0.147 e. The molecular weight excluding hydrogens is 625 g/mol. The van der Waals surface area contributed by atoms with E-state index in [4.69, 9.17) is 21.4 Å². The second-order valence-corrected chi connectivity index (χ2v) is 14.7. The molecule has 0 spiro atoms. The molecule has 0 unspecified atom stereocenters. The molecule has 3 heterocycles. The van der Waals surface area contributed by atoms with E-state index >= 15 is 0 Å². The maximum absolute atomic E-state index is 13.5. The first-order valence-electron chi connectivity index (χ1n) is 14.3. The van der Waals surface area contributed by atoms with Crippen molar-refractivity contribution in [3.63, 3.8) is 0 Å². The number of aromatic nitrogens is 4. The van der Waals surface area contributed by atoms with E-state index in [1.807, 2.05) is 12.3 Å². The zero-order valence-corrected chi connectivity index (χ0v) is 26.4. The van der Waals surface area contributed by atoms with Crippen molar-refractivity contribution in [1.29, 1.82) is 0 Å². The van der Waals surface area contributed by atoms with Crippen molar-refractivity contribution < 1.29 is 22.7 Å². The van der Waals surface area contributed by atoms with Crippen LogP contribution in [0.4, 0.5) is 15.9 Å². The number of thiophene rings is 1. The molecule has 0 saturated carbocycles. The normalized spacial score (nSPS) is 13.5. The molecule has 0 amide bonds. The van der Waals surface area contributed by atoms with Crippen LogP contribution in [0.15, 0.2) is 55.0 Å². The Morgan fingerprint density at radius 3 is 2.84 bits per heavy atom. The van der Waals surface area contributed by atoms with Crippen LogP contribution in [-0.2, 0) is 35.8 Å². The molecular formula is C31H31ClFN5O4S2. The molecule has 2 N–H and O–H groups in total. The Hall–Kier alpha value is -3.58. The van der Waals surface area contributed by atoms with Gasteiger partial charge in [-0.25, -0.2) is 22.8 Å². The minimum Gasteiger partial charge on any atom is -0.487 e. The van der Waals surface area contributed by atoms with Crippen molar-refractivity contribution in [2.75, 3.05) is 17.3 Å². The fourth-order valence-electron chi connectivity index (χ4n) is 5.39. The van der Waals surface area contributed by atoms with E-state index in [1.54, 1.807) is 40.3 Å². The van der Waals surface area contributed by atoms with Crippen molar-refractivity contribution in [3.05, 3.63) is 82.6 Å². The Morgan fingerprint density at radius 2 is 2.05 bits per heavy atom. The molecule has 0 bridgehead atoms. The molecule has 9 nitrogen and oxygen atoms in total. The number of ether oxygens (including phenoxy) is 1. The summed E-state index contributed by atoms with van der Waals surface area (Å²) in [6.45, 7) is 0.544. The Morgan fingerprint density at radius 1 is 1.18 bits per heavy atom. The molecule has 3 aromatic heterocycles. The number of aryl methyl sites for hydroxylation is 2. The summed E-state index contributed by atoms with van der Waals surface area (Å²) in [5, 5.41) is 20.1. The van der Waals surface area contributed by atoms with Crippen LogP contribution in [0.25, 0.3) is 20.7 Å². The lowest BCUT2D eigenvalue weighted by Crippen LogP contribution is -2.17. The van der Waals surface area contributed by atoms with Gasteiger partial charge in [-0.1, -0.05) is 23.7 Å². The summed E-state index contributed by atoms with van der Waals surface area (Å²) in [5.74, 6) is 0.987. The van der Waals surface area contributed by atoms with Crippen molar-refractivity contribution >= 4 is 54.5 Å². The van der Waals surface area contributed by atoms with Crippen LogP contribution in [0.1, 0.15) is 36.1 Å². The third-order valence-electron chi connectivity index (χ3n) is 7.46. The van der Waals surface area contributed by atoms with Gasteiger partial charge in [-0.2, -0.15) is 5.10 Å². The largest absolute Gasteiger partial charge is 0.487 e. The van der Waals surface area contributed by atoms with Gasteiger partial charge >= 0.3 is 0 Å². The van der Waals surface area contributed by atoms with Gasteiger partial charge in [-0.15, -0.1) is 11.3 Å². The third-order valence-corrected chi connectivity index (χ3v) is 9.96. The van der Waals surface area contributed by atoms with E-state index in [-0.39, 0.29) is 18.2 Å². The van der Waals surface area contributed by atoms with E-state index in [1.165, 1.54) is 24.7 Å². The number of sulfone groups is 1. The smallest absolute Gasteiger partial charge is 0.147 e. The summed E-state index contributed by atoms with van der Waals surface area (Å²) in [5.41, 5.74) is 4.62. The van der Waals surface area contributed by atoms with Crippen LogP contribution in [0.3, 0.4) is 0 Å². The first-order valence-corrected chi connectivity index (χ1v) is 17.5. The summed E-state index contributed by atoms with van der Waals surface area (Å²) >= 11 is 8.13. The Bertz CT molecular complexity index is 1930. The zero-order chi connectivity index (χ0) is 30.8. The van der Waals surface area contributed by atoms with E-state index in [2.05, 4.69) is 15.3 Å². The Kier molecular flexibility index (Phi) is 8.86. The van der Waals surface area contributed by atoms with Gasteiger partial charge in [-0.05, 0) is 73.6 Å². The van der Waals surface area contributed by atoms with Gasteiger partial charge in [0.15, 0.2) is 0 Å².